The van der Waals surface area contributed by atoms with Gasteiger partial charge in [-0.05, 0) is 24.5 Å². The Bertz CT molecular complexity index is 969. The molecule has 1 saturated heterocycles. The molecule has 27 heavy (non-hydrogen) atoms. The van der Waals surface area contributed by atoms with Gasteiger partial charge in [-0.25, -0.2) is 13.6 Å². The molecule has 0 radical (unpaired) electrons. The quantitative estimate of drug-likeness (QED) is 0.712. The summed E-state index contributed by atoms with van der Waals surface area (Å²) in [6.45, 7) is 1.35. The fourth-order valence-corrected chi connectivity index (χ4v) is 3.21. The standard InChI is InChI=1S/C19H18F2N4O2/c20-15-13(12-7-3-1-4-8-12)11-14-17(16(15)21)23-24-18(14)22-19(26)27-25-9-5-2-6-10-25/h1,3-4,7-8,11H,2,5-6,9-10H2,(H2,22,23,24,26). The number of nitrogens with zero attached hydrogens (tertiary/aromatic N) is 2. The molecule has 0 atom stereocenters. The van der Waals surface area contributed by atoms with Crippen LogP contribution >= 0.6 is 0 Å². The number of fused-ring (bicyclic) bond motifs is 1. The number of halogens is 2. The average molecular weight is 372 g/mol. The maximum Gasteiger partial charge on any atom is 0.432 e. The number of aromatic amines is 1. The number of amides is 1. The monoisotopic (exact) mass is 372 g/mol. The van der Waals surface area contributed by atoms with Gasteiger partial charge in [0.25, 0.3) is 0 Å². The highest BCUT2D eigenvalue weighted by Crippen LogP contribution is 2.32. The molecule has 0 bridgehead atoms. The highest BCUT2D eigenvalue weighted by Gasteiger charge is 2.21. The number of benzene rings is 2. The summed E-state index contributed by atoms with van der Waals surface area (Å²) in [4.78, 5) is 17.4. The normalized spacial score (nSPS) is 15.0. The number of nitrogens with one attached hydrogen (secondary N) is 2. The third-order valence-corrected chi connectivity index (χ3v) is 4.57. The van der Waals surface area contributed by atoms with Crippen molar-refractivity contribution in [1.29, 1.82) is 0 Å². The first-order valence-electron chi connectivity index (χ1n) is 8.79. The van der Waals surface area contributed by atoms with Crippen molar-refractivity contribution in [3.63, 3.8) is 0 Å². The number of aromatic nitrogens is 2. The Labute approximate surface area is 154 Å². The minimum atomic E-state index is -1.05. The number of anilines is 1. The molecule has 4 rings (SSSR count). The minimum absolute atomic E-state index is 0.0862. The fourth-order valence-electron chi connectivity index (χ4n) is 3.21. The van der Waals surface area contributed by atoms with Crippen molar-refractivity contribution in [3.8, 4) is 11.1 Å². The van der Waals surface area contributed by atoms with E-state index in [1.165, 1.54) is 6.07 Å². The second-order valence-corrected chi connectivity index (χ2v) is 6.41. The van der Waals surface area contributed by atoms with Crippen molar-refractivity contribution in [2.24, 2.45) is 0 Å². The summed E-state index contributed by atoms with van der Waals surface area (Å²) in [5.74, 6) is -1.93. The molecule has 2 heterocycles. The van der Waals surface area contributed by atoms with Crippen LogP contribution in [0, 0.1) is 11.6 Å². The number of hydrogen-bond donors (Lipinski definition) is 2. The van der Waals surface area contributed by atoms with Gasteiger partial charge in [0.05, 0.1) is 0 Å². The summed E-state index contributed by atoms with van der Waals surface area (Å²) in [6, 6.07) is 10.1. The molecule has 1 aliphatic rings. The number of piperidine rings is 1. The van der Waals surface area contributed by atoms with Crippen molar-refractivity contribution < 1.29 is 18.4 Å². The lowest BCUT2D eigenvalue weighted by Crippen LogP contribution is -2.34. The van der Waals surface area contributed by atoms with Gasteiger partial charge in [-0.3, -0.25) is 10.4 Å². The fraction of sp³-hybridized carbons (Fsp3) is 0.263. The van der Waals surface area contributed by atoms with E-state index < -0.39 is 17.7 Å². The maximum absolute atomic E-state index is 14.5. The maximum atomic E-state index is 14.5. The predicted octanol–water partition coefficient (Wildman–Crippen LogP) is 4.46. The average Bonchev–Trinajstić information content (AvgIpc) is 3.08. The molecule has 1 fully saturated rings. The summed E-state index contributed by atoms with van der Waals surface area (Å²) in [7, 11) is 0. The van der Waals surface area contributed by atoms with E-state index in [0.29, 0.717) is 18.7 Å². The Morgan fingerprint density at radius 2 is 1.85 bits per heavy atom. The lowest BCUT2D eigenvalue weighted by Gasteiger charge is -2.24. The molecule has 2 N–H and O–H groups in total. The topological polar surface area (TPSA) is 70.2 Å². The van der Waals surface area contributed by atoms with Gasteiger partial charge in [0.1, 0.15) is 5.52 Å². The summed E-state index contributed by atoms with van der Waals surface area (Å²) >= 11 is 0. The van der Waals surface area contributed by atoms with Gasteiger partial charge in [-0.15, -0.1) is 5.06 Å². The van der Waals surface area contributed by atoms with Crippen LogP contribution in [0.4, 0.5) is 19.4 Å². The highest BCUT2D eigenvalue weighted by molar-refractivity contribution is 5.99. The Balaban J connectivity index is 1.64. The van der Waals surface area contributed by atoms with Gasteiger partial charge in [0.15, 0.2) is 17.5 Å². The molecule has 2 aromatic carbocycles. The molecular weight excluding hydrogens is 354 g/mol. The van der Waals surface area contributed by atoms with Crippen molar-refractivity contribution in [1.82, 2.24) is 15.3 Å². The molecule has 0 saturated carbocycles. The third-order valence-electron chi connectivity index (χ3n) is 4.57. The largest absolute Gasteiger partial charge is 0.432 e. The van der Waals surface area contributed by atoms with Crippen LogP contribution in [0.1, 0.15) is 19.3 Å². The van der Waals surface area contributed by atoms with Crippen molar-refractivity contribution in [3.05, 3.63) is 48.0 Å². The predicted molar refractivity (Wildman–Crippen MR) is 97.0 cm³/mol. The summed E-state index contributed by atoms with van der Waals surface area (Å²) in [6.07, 6.45) is 2.32. The molecule has 3 aromatic rings. The smallest absolute Gasteiger partial charge is 0.351 e. The van der Waals surface area contributed by atoms with E-state index in [4.69, 9.17) is 4.84 Å². The highest BCUT2D eigenvalue weighted by atomic mass is 19.2. The van der Waals surface area contributed by atoms with Crippen LogP contribution in [0.15, 0.2) is 36.4 Å². The number of rotatable bonds is 3. The minimum Gasteiger partial charge on any atom is -0.351 e. The molecule has 1 amide bonds. The van der Waals surface area contributed by atoms with E-state index in [2.05, 4.69) is 15.5 Å². The van der Waals surface area contributed by atoms with E-state index in [0.717, 1.165) is 19.3 Å². The Morgan fingerprint density at radius 1 is 1.11 bits per heavy atom. The van der Waals surface area contributed by atoms with Crippen LogP contribution in [-0.4, -0.2) is 34.4 Å². The van der Waals surface area contributed by atoms with Gasteiger partial charge < -0.3 is 4.84 Å². The molecule has 6 nitrogen and oxygen atoms in total. The molecule has 1 aliphatic heterocycles. The van der Waals surface area contributed by atoms with Crippen LogP contribution in [0.5, 0.6) is 0 Å². The second kappa shape index (κ2) is 7.32. The first-order chi connectivity index (χ1) is 13.1. The Morgan fingerprint density at radius 3 is 2.59 bits per heavy atom. The Kier molecular flexibility index (Phi) is 4.72. The number of carbonyl (C=O) groups is 1. The molecule has 0 aliphatic carbocycles. The SMILES string of the molecule is O=C(Nc1n[nH]c2c(F)c(F)c(-c3ccccc3)cc12)ON1CCCCC1. The number of hydrogen-bond acceptors (Lipinski definition) is 4. The van der Waals surface area contributed by atoms with Gasteiger partial charge in [0.2, 0.25) is 0 Å². The molecule has 0 unspecified atom stereocenters. The zero-order valence-electron chi connectivity index (χ0n) is 14.5. The zero-order valence-corrected chi connectivity index (χ0v) is 14.5. The van der Waals surface area contributed by atoms with Crippen molar-refractivity contribution in [2.75, 3.05) is 18.4 Å². The van der Waals surface area contributed by atoms with Gasteiger partial charge >= 0.3 is 6.09 Å². The lowest BCUT2D eigenvalue weighted by molar-refractivity contribution is -0.105. The summed E-state index contributed by atoms with van der Waals surface area (Å²) in [5.41, 5.74) is 0.508. The lowest BCUT2D eigenvalue weighted by atomic mass is 10.0. The Hall–Kier alpha value is -3.00. The van der Waals surface area contributed by atoms with Crippen LogP contribution in [0.25, 0.3) is 22.0 Å². The summed E-state index contributed by atoms with van der Waals surface area (Å²) in [5, 5.41) is 10.7. The number of H-pyrrole nitrogens is 1. The van der Waals surface area contributed by atoms with E-state index in [9.17, 15) is 13.6 Å². The van der Waals surface area contributed by atoms with E-state index in [-0.39, 0.29) is 22.3 Å². The van der Waals surface area contributed by atoms with Gasteiger partial charge in [-0.1, -0.05) is 36.8 Å². The molecule has 8 heteroatoms. The number of carbonyl (C=O) groups excluding carboxylic acids is 1. The van der Waals surface area contributed by atoms with Crippen molar-refractivity contribution in [2.45, 2.75) is 19.3 Å². The number of hydroxylamine groups is 2. The molecular formula is C19H18F2N4O2. The van der Waals surface area contributed by atoms with Gasteiger partial charge in [-0.2, -0.15) is 5.10 Å². The van der Waals surface area contributed by atoms with E-state index in [1.54, 1.807) is 35.4 Å². The third kappa shape index (κ3) is 3.48. The van der Waals surface area contributed by atoms with Gasteiger partial charge in [0, 0.05) is 24.0 Å². The zero-order chi connectivity index (χ0) is 18.8. The van der Waals surface area contributed by atoms with Crippen LogP contribution < -0.4 is 5.32 Å². The first-order valence-corrected chi connectivity index (χ1v) is 8.79. The van der Waals surface area contributed by atoms with Crippen LogP contribution in [-0.2, 0) is 4.84 Å². The van der Waals surface area contributed by atoms with Crippen LogP contribution in [0.3, 0.4) is 0 Å². The molecule has 1 aromatic heterocycles. The first kappa shape index (κ1) is 17.4. The molecule has 0 spiro atoms. The van der Waals surface area contributed by atoms with Crippen LogP contribution in [0.2, 0.25) is 0 Å². The second-order valence-electron chi connectivity index (χ2n) is 6.41. The molecule has 140 valence electrons. The van der Waals surface area contributed by atoms with E-state index >= 15 is 0 Å². The van der Waals surface area contributed by atoms with Crippen molar-refractivity contribution >= 4 is 22.8 Å². The van der Waals surface area contributed by atoms with E-state index in [1.807, 2.05) is 0 Å². The summed E-state index contributed by atoms with van der Waals surface area (Å²) < 4.78 is 28.9.